The van der Waals surface area contributed by atoms with Crippen LogP contribution < -0.4 is 5.32 Å². The quantitative estimate of drug-likeness (QED) is 0.462. The number of aromatic nitrogens is 2. The highest BCUT2D eigenvalue weighted by Gasteiger charge is 2.17. The van der Waals surface area contributed by atoms with Gasteiger partial charge in [-0.15, -0.1) is 11.3 Å². The number of nitrogens with zero attached hydrogens (tertiary/aromatic N) is 2. The van der Waals surface area contributed by atoms with Gasteiger partial charge in [0.15, 0.2) is 10.7 Å². The fraction of sp³-hybridized carbons (Fsp3) is 0.0476. The third-order valence-corrected chi connectivity index (χ3v) is 5.35. The van der Waals surface area contributed by atoms with Crippen molar-refractivity contribution in [1.82, 2.24) is 9.38 Å². The molecule has 1 amide bonds. The fourth-order valence-corrected chi connectivity index (χ4v) is 3.87. The molecule has 0 radical (unpaired) electrons. The van der Waals surface area contributed by atoms with Gasteiger partial charge in [0.25, 0.3) is 5.91 Å². The van der Waals surface area contributed by atoms with E-state index in [0.29, 0.717) is 11.4 Å². The molecular formula is C21H15N3O2S. The molecule has 1 N–H and O–H groups in total. The lowest BCUT2D eigenvalue weighted by Crippen LogP contribution is -2.11. The van der Waals surface area contributed by atoms with E-state index in [1.807, 2.05) is 77.6 Å². The Labute approximate surface area is 158 Å². The number of hydrogen-bond acceptors (Lipinski definition) is 4. The molecule has 0 unspecified atom stereocenters. The van der Waals surface area contributed by atoms with Crippen LogP contribution in [0, 0.1) is 6.92 Å². The second-order valence-electron chi connectivity index (χ2n) is 6.30. The number of benzene rings is 2. The summed E-state index contributed by atoms with van der Waals surface area (Å²) in [5, 5.41) is 5.87. The predicted molar refractivity (Wildman–Crippen MR) is 107 cm³/mol. The molecule has 27 heavy (non-hydrogen) atoms. The van der Waals surface area contributed by atoms with E-state index in [1.165, 1.54) is 0 Å². The molecule has 0 bridgehead atoms. The third kappa shape index (κ3) is 2.71. The molecule has 0 spiro atoms. The molecule has 5 rings (SSSR count). The second kappa shape index (κ2) is 6.10. The number of thiazole rings is 1. The standard InChI is InChI=1S/C21H15N3O2S/c1-13-16-4-2-3-5-18(16)26-19(13)20(25)22-15-8-6-14(7-9-15)17-12-24-10-11-27-21(24)23-17/h2-12H,1H3,(H,22,25). The summed E-state index contributed by atoms with van der Waals surface area (Å²) in [4.78, 5) is 18.2. The van der Waals surface area contributed by atoms with E-state index in [1.54, 1.807) is 11.3 Å². The number of carbonyl (C=O) groups excluding carboxylic acids is 1. The van der Waals surface area contributed by atoms with Crippen LogP contribution in [0.4, 0.5) is 5.69 Å². The topological polar surface area (TPSA) is 59.5 Å². The summed E-state index contributed by atoms with van der Waals surface area (Å²) in [5.74, 6) is 0.0913. The Balaban J connectivity index is 1.39. The van der Waals surface area contributed by atoms with Crippen LogP contribution in [0.3, 0.4) is 0 Å². The van der Waals surface area contributed by atoms with Gasteiger partial charge in [-0.1, -0.05) is 30.3 Å². The predicted octanol–water partition coefficient (Wildman–Crippen LogP) is 5.37. The number of nitrogens with one attached hydrogen (secondary N) is 1. The fourth-order valence-electron chi connectivity index (χ4n) is 3.17. The first kappa shape index (κ1) is 15.8. The number of furan rings is 1. The van der Waals surface area contributed by atoms with E-state index in [4.69, 9.17) is 4.42 Å². The summed E-state index contributed by atoms with van der Waals surface area (Å²) < 4.78 is 7.73. The molecule has 3 aromatic heterocycles. The normalized spacial score (nSPS) is 11.3. The summed E-state index contributed by atoms with van der Waals surface area (Å²) in [7, 11) is 0. The van der Waals surface area contributed by atoms with Crippen molar-refractivity contribution < 1.29 is 9.21 Å². The van der Waals surface area contributed by atoms with Crippen LogP contribution in [0.2, 0.25) is 0 Å². The smallest absolute Gasteiger partial charge is 0.291 e. The van der Waals surface area contributed by atoms with Gasteiger partial charge in [-0.05, 0) is 25.1 Å². The van der Waals surface area contributed by atoms with Crippen molar-refractivity contribution in [3.05, 3.63) is 77.6 Å². The zero-order valence-electron chi connectivity index (χ0n) is 14.5. The Morgan fingerprint density at radius 2 is 1.96 bits per heavy atom. The molecule has 0 aliphatic heterocycles. The maximum absolute atomic E-state index is 12.6. The van der Waals surface area contributed by atoms with Crippen LogP contribution in [0.1, 0.15) is 16.1 Å². The number of para-hydroxylation sites is 1. The van der Waals surface area contributed by atoms with Gasteiger partial charge >= 0.3 is 0 Å². The van der Waals surface area contributed by atoms with Crippen molar-refractivity contribution in [2.24, 2.45) is 0 Å². The molecule has 0 atom stereocenters. The molecule has 0 fully saturated rings. The number of fused-ring (bicyclic) bond motifs is 2. The summed E-state index contributed by atoms with van der Waals surface area (Å²) in [5.41, 5.74) is 4.19. The molecule has 0 aliphatic carbocycles. The summed E-state index contributed by atoms with van der Waals surface area (Å²) in [6.45, 7) is 1.90. The van der Waals surface area contributed by atoms with Crippen LogP contribution in [0.5, 0.6) is 0 Å². The van der Waals surface area contributed by atoms with Crippen LogP contribution >= 0.6 is 11.3 Å². The van der Waals surface area contributed by atoms with E-state index in [0.717, 1.165) is 32.8 Å². The molecule has 0 aliphatic rings. The number of rotatable bonds is 3. The van der Waals surface area contributed by atoms with Crippen molar-refractivity contribution >= 4 is 38.9 Å². The molecule has 5 aromatic rings. The minimum Gasteiger partial charge on any atom is -0.451 e. The highest BCUT2D eigenvalue weighted by Crippen LogP contribution is 2.27. The highest BCUT2D eigenvalue weighted by molar-refractivity contribution is 7.15. The van der Waals surface area contributed by atoms with E-state index in [2.05, 4.69) is 10.3 Å². The van der Waals surface area contributed by atoms with Gasteiger partial charge < -0.3 is 9.73 Å². The number of anilines is 1. The Kier molecular flexibility index (Phi) is 3.58. The van der Waals surface area contributed by atoms with E-state index >= 15 is 0 Å². The lowest BCUT2D eigenvalue weighted by atomic mass is 10.1. The Bertz CT molecular complexity index is 1250. The monoisotopic (exact) mass is 373 g/mol. The summed E-state index contributed by atoms with van der Waals surface area (Å²) in [6.07, 6.45) is 3.98. The summed E-state index contributed by atoms with van der Waals surface area (Å²) in [6, 6.07) is 15.3. The average Bonchev–Trinajstić information content (AvgIpc) is 3.36. The van der Waals surface area contributed by atoms with Crippen LogP contribution in [0.25, 0.3) is 27.2 Å². The highest BCUT2D eigenvalue weighted by atomic mass is 32.1. The minimum absolute atomic E-state index is 0.251. The van der Waals surface area contributed by atoms with Gasteiger partial charge in [-0.3, -0.25) is 9.20 Å². The maximum atomic E-state index is 12.6. The lowest BCUT2D eigenvalue weighted by Gasteiger charge is -2.05. The number of hydrogen-bond donors (Lipinski definition) is 1. The van der Waals surface area contributed by atoms with Crippen molar-refractivity contribution in [3.63, 3.8) is 0 Å². The molecule has 0 saturated carbocycles. The average molecular weight is 373 g/mol. The van der Waals surface area contributed by atoms with Crippen LogP contribution in [-0.2, 0) is 0 Å². The Morgan fingerprint density at radius 1 is 1.15 bits per heavy atom. The first-order valence-electron chi connectivity index (χ1n) is 8.51. The zero-order chi connectivity index (χ0) is 18.4. The number of carbonyl (C=O) groups is 1. The van der Waals surface area contributed by atoms with Crippen LogP contribution in [-0.4, -0.2) is 15.3 Å². The molecule has 5 nitrogen and oxygen atoms in total. The Morgan fingerprint density at radius 3 is 2.74 bits per heavy atom. The second-order valence-corrected chi connectivity index (χ2v) is 7.18. The first-order valence-corrected chi connectivity index (χ1v) is 9.39. The van der Waals surface area contributed by atoms with Crippen molar-refractivity contribution in [2.45, 2.75) is 6.92 Å². The van der Waals surface area contributed by atoms with Gasteiger partial charge in [0, 0.05) is 40.0 Å². The van der Waals surface area contributed by atoms with Crippen molar-refractivity contribution in [3.8, 4) is 11.3 Å². The Hall–Kier alpha value is -3.38. The van der Waals surface area contributed by atoms with Gasteiger partial charge in [-0.2, -0.15) is 0 Å². The van der Waals surface area contributed by atoms with E-state index in [-0.39, 0.29) is 5.91 Å². The van der Waals surface area contributed by atoms with Crippen molar-refractivity contribution in [2.75, 3.05) is 5.32 Å². The molecule has 6 heteroatoms. The molecule has 3 heterocycles. The largest absolute Gasteiger partial charge is 0.451 e. The molecule has 132 valence electrons. The number of imidazole rings is 1. The molecule has 0 saturated heterocycles. The number of amides is 1. The summed E-state index contributed by atoms with van der Waals surface area (Å²) >= 11 is 1.60. The molecular weight excluding hydrogens is 358 g/mol. The maximum Gasteiger partial charge on any atom is 0.291 e. The van der Waals surface area contributed by atoms with Gasteiger partial charge in [0.05, 0.1) is 5.69 Å². The minimum atomic E-state index is -0.251. The lowest BCUT2D eigenvalue weighted by molar-refractivity contribution is 0.0998. The first-order chi connectivity index (χ1) is 13.2. The van der Waals surface area contributed by atoms with E-state index < -0.39 is 0 Å². The molecule has 2 aromatic carbocycles. The van der Waals surface area contributed by atoms with Gasteiger partial charge in [0.2, 0.25) is 0 Å². The SMILES string of the molecule is Cc1c(C(=O)Nc2ccc(-c3cn4ccsc4n3)cc2)oc2ccccc12. The van der Waals surface area contributed by atoms with Crippen molar-refractivity contribution in [1.29, 1.82) is 0 Å². The van der Waals surface area contributed by atoms with Gasteiger partial charge in [-0.25, -0.2) is 4.98 Å². The van der Waals surface area contributed by atoms with Gasteiger partial charge in [0.1, 0.15) is 5.58 Å². The third-order valence-electron chi connectivity index (χ3n) is 4.58. The van der Waals surface area contributed by atoms with Crippen LogP contribution in [0.15, 0.2) is 70.7 Å². The number of aryl methyl sites for hydroxylation is 1. The van der Waals surface area contributed by atoms with E-state index in [9.17, 15) is 4.79 Å². The zero-order valence-corrected chi connectivity index (χ0v) is 15.3.